The molecule has 0 amide bonds. The molecule has 0 radical (unpaired) electrons. The van der Waals surface area contributed by atoms with Gasteiger partial charge in [-0.25, -0.2) is 0 Å². The highest BCUT2D eigenvalue weighted by molar-refractivity contribution is 7.81. The molecule has 0 unspecified atom stereocenters. The predicted octanol–water partition coefficient (Wildman–Crippen LogP) is 3.59. The van der Waals surface area contributed by atoms with E-state index >= 15 is 0 Å². The van der Waals surface area contributed by atoms with Crippen LogP contribution in [0, 0.1) is 0 Å². The zero-order valence-electron chi connectivity index (χ0n) is 7.34. The maximum atomic E-state index is 6.00. The zero-order chi connectivity index (χ0) is 9.19. The van der Waals surface area contributed by atoms with Crippen molar-refractivity contribution in [3.63, 3.8) is 0 Å². The lowest BCUT2D eigenvalue weighted by Crippen LogP contribution is -2.14. The first-order chi connectivity index (χ1) is 5.49. The third-order valence-electron chi connectivity index (χ3n) is 1.58. The van der Waals surface area contributed by atoms with Crippen LogP contribution in [0.3, 0.4) is 0 Å². The van der Waals surface area contributed by atoms with Crippen LogP contribution in [0.5, 0.6) is 0 Å². The largest absolute Gasteiger partial charge is 0.173 e. The smallest absolute Gasteiger partial charge is 0.0438 e. The van der Waals surface area contributed by atoms with E-state index in [2.05, 4.69) is 26.5 Å². The normalized spacial score (nSPS) is 11.7. The van der Waals surface area contributed by atoms with E-state index in [1.165, 1.54) is 5.56 Å². The number of hydrogen-bond acceptors (Lipinski definition) is 1. The maximum Gasteiger partial charge on any atom is 0.0438 e. The quantitative estimate of drug-likeness (QED) is 0.694. The molecule has 0 heterocycles. The van der Waals surface area contributed by atoms with Gasteiger partial charge in [0.15, 0.2) is 0 Å². The van der Waals surface area contributed by atoms with Crippen molar-refractivity contribution in [3.8, 4) is 0 Å². The van der Waals surface area contributed by atoms with Gasteiger partial charge in [0, 0.05) is 9.77 Å². The van der Waals surface area contributed by atoms with Gasteiger partial charge in [-0.15, -0.1) is 0 Å². The van der Waals surface area contributed by atoms with Gasteiger partial charge in [0.2, 0.25) is 0 Å². The van der Waals surface area contributed by atoms with Crippen LogP contribution in [0.1, 0.15) is 19.4 Å². The topological polar surface area (TPSA) is 0 Å². The fraction of sp³-hybridized carbons (Fsp3) is 0.400. The summed E-state index contributed by atoms with van der Waals surface area (Å²) in [5.74, 6) is 0. The monoisotopic (exact) mass is 200 g/mol. The zero-order valence-corrected chi connectivity index (χ0v) is 8.99. The SMILES string of the molecule is CC(C)(S)Cc1ccccc1Cl. The number of hydrogen-bond donors (Lipinski definition) is 1. The van der Waals surface area contributed by atoms with E-state index in [1.807, 2.05) is 24.3 Å². The number of rotatable bonds is 2. The van der Waals surface area contributed by atoms with E-state index in [1.54, 1.807) is 0 Å². The summed E-state index contributed by atoms with van der Waals surface area (Å²) < 4.78 is 0.00495. The minimum absolute atomic E-state index is 0.00495. The van der Waals surface area contributed by atoms with Gasteiger partial charge in [-0.05, 0) is 18.1 Å². The van der Waals surface area contributed by atoms with Gasteiger partial charge in [-0.3, -0.25) is 0 Å². The average Bonchev–Trinajstić information content (AvgIpc) is 1.91. The highest BCUT2D eigenvalue weighted by atomic mass is 35.5. The van der Waals surface area contributed by atoms with E-state index in [-0.39, 0.29) is 4.75 Å². The molecule has 0 bridgehead atoms. The summed E-state index contributed by atoms with van der Waals surface area (Å²) in [6, 6.07) is 7.90. The van der Waals surface area contributed by atoms with Crippen LogP contribution in [0.2, 0.25) is 5.02 Å². The van der Waals surface area contributed by atoms with Gasteiger partial charge in [-0.1, -0.05) is 43.6 Å². The van der Waals surface area contributed by atoms with E-state index in [9.17, 15) is 0 Å². The van der Waals surface area contributed by atoms with E-state index in [0.717, 1.165) is 11.4 Å². The lowest BCUT2D eigenvalue weighted by atomic mass is 10.0. The Bertz CT molecular complexity index is 263. The summed E-state index contributed by atoms with van der Waals surface area (Å²) in [4.78, 5) is 0. The standard InChI is InChI=1S/C10H13ClS/c1-10(2,12)7-8-5-3-4-6-9(8)11/h3-6,12H,7H2,1-2H3. The first kappa shape index (κ1) is 9.94. The molecule has 1 rings (SSSR count). The number of thiol groups is 1. The van der Waals surface area contributed by atoms with Crippen LogP contribution in [-0.2, 0) is 6.42 Å². The maximum absolute atomic E-state index is 6.00. The molecule has 0 aliphatic heterocycles. The van der Waals surface area contributed by atoms with Crippen molar-refractivity contribution in [3.05, 3.63) is 34.9 Å². The fourth-order valence-corrected chi connectivity index (χ4v) is 1.48. The van der Waals surface area contributed by atoms with Crippen molar-refractivity contribution in [2.24, 2.45) is 0 Å². The Kier molecular flexibility index (Phi) is 3.08. The van der Waals surface area contributed by atoms with Crippen LogP contribution < -0.4 is 0 Å². The molecular weight excluding hydrogens is 188 g/mol. The van der Waals surface area contributed by atoms with Crippen molar-refractivity contribution >= 4 is 24.2 Å². The van der Waals surface area contributed by atoms with Crippen LogP contribution in [0.15, 0.2) is 24.3 Å². The van der Waals surface area contributed by atoms with Gasteiger partial charge in [-0.2, -0.15) is 12.6 Å². The summed E-state index contributed by atoms with van der Waals surface area (Å²) in [7, 11) is 0. The second-order valence-electron chi connectivity index (χ2n) is 3.58. The van der Waals surface area contributed by atoms with Gasteiger partial charge < -0.3 is 0 Å². The summed E-state index contributed by atoms with van der Waals surface area (Å²) >= 11 is 10.5. The first-order valence-electron chi connectivity index (χ1n) is 3.95. The summed E-state index contributed by atoms with van der Waals surface area (Å²) in [5, 5.41) is 0.833. The van der Waals surface area contributed by atoms with E-state index in [4.69, 9.17) is 11.6 Å². The Morgan fingerprint density at radius 1 is 1.33 bits per heavy atom. The molecule has 0 saturated carbocycles. The molecule has 0 aliphatic carbocycles. The second kappa shape index (κ2) is 3.71. The van der Waals surface area contributed by atoms with Gasteiger partial charge >= 0.3 is 0 Å². The van der Waals surface area contributed by atoms with E-state index in [0.29, 0.717) is 0 Å². The van der Waals surface area contributed by atoms with Crippen LogP contribution in [-0.4, -0.2) is 4.75 Å². The molecule has 12 heavy (non-hydrogen) atoms. The summed E-state index contributed by atoms with van der Waals surface area (Å²) in [5.41, 5.74) is 1.17. The predicted molar refractivity (Wildman–Crippen MR) is 58.2 cm³/mol. The molecule has 0 N–H and O–H groups in total. The summed E-state index contributed by atoms with van der Waals surface area (Å²) in [6.07, 6.45) is 0.899. The van der Waals surface area contributed by atoms with E-state index < -0.39 is 0 Å². The van der Waals surface area contributed by atoms with Gasteiger partial charge in [0.1, 0.15) is 0 Å². The first-order valence-corrected chi connectivity index (χ1v) is 4.77. The second-order valence-corrected chi connectivity index (χ2v) is 5.20. The Hall–Kier alpha value is -0.140. The fourth-order valence-electron chi connectivity index (χ4n) is 1.11. The molecule has 0 atom stereocenters. The molecule has 1 aromatic rings. The third-order valence-corrected chi connectivity index (χ3v) is 2.11. The highest BCUT2D eigenvalue weighted by Crippen LogP contribution is 2.24. The van der Waals surface area contributed by atoms with Gasteiger partial charge in [0.05, 0.1) is 0 Å². The lowest BCUT2D eigenvalue weighted by Gasteiger charge is -2.17. The van der Waals surface area contributed by atoms with Crippen LogP contribution in [0.4, 0.5) is 0 Å². The van der Waals surface area contributed by atoms with Crippen LogP contribution in [0.25, 0.3) is 0 Å². The number of halogens is 1. The molecule has 0 nitrogen and oxygen atoms in total. The molecule has 0 fully saturated rings. The Balaban J connectivity index is 2.83. The molecule has 0 spiro atoms. The van der Waals surface area contributed by atoms with Crippen molar-refractivity contribution in [2.45, 2.75) is 25.0 Å². The molecule has 1 aromatic carbocycles. The van der Waals surface area contributed by atoms with Crippen molar-refractivity contribution < 1.29 is 0 Å². The van der Waals surface area contributed by atoms with Crippen molar-refractivity contribution in [1.82, 2.24) is 0 Å². The molecule has 0 aliphatic rings. The Morgan fingerprint density at radius 2 is 1.92 bits per heavy atom. The third kappa shape index (κ3) is 3.08. The van der Waals surface area contributed by atoms with Crippen LogP contribution >= 0.6 is 24.2 Å². The molecule has 2 heteroatoms. The molecule has 0 aromatic heterocycles. The minimum atomic E-state index is 0.00495. The number of benzene rings is 1. The van der Waals surface area contributed by atoms with Gasteiger partial charge in [0.25, 0.3) is 0 Å². The highest BCUT2D eigenvalue weighted by Gasteiger charge is 2.13. The molecule has 0 saturated heterocycles. The average molecular weight is 201 g/mol. The Labute approximate surface area is 84.3 Å². The molecular formula is C10H13ClS. The lowest BCUT2D eigenvalue weighted by molar-refractivity contribution is 0.715. The van der Waals surface area contributed by atoms with Crippen molar-refractivity contribution in [2.75, 3.05) is 0 Å². The molecule has 66 valence electrons. The summed E-state index contributed by atoms with van der Waals surface area (Å²) in [6.45, 7) is 4.17. The van der Waals surface area contributed by atoms with Crippen molar-refractivity contribution in [1.29, 1.82) is 0 Å². The Morgan fingerprint density at radius 3 is 2.42 bits per heavy atom. The minimum Gasteiger partial charge on any atom is -0.173 e.